The zero-order chi connectivity index (χ0) is 17.3. The highest BCUT2D eigenvalue weighted by Crippen LogP contribution is 2.32. The molecule has 6 nitrogen and oxygen atoms in total. The summed E-state index contributed by atoms with van der Waals surface area (Å²) in [6.45, 7) is 3.01. The van der Waals surface area contributed by atoms with Crippen LogP contribution in [0.2, 0.25) is 0 Å². The van der Waals surface area contributed by atoms with Crippen molar-refractivity contribution < 1.29 is 18.0 Å². The van der Waals surface area contributed by atoms with Crippen LogP contribution in [-0.4, -0.2) is 43.6 Å². The third kappa shape index (κ3) is 3.44. The van der Waals surface area contributed by atoms with E-state index in [9.17, 15) is 18.0 Å². The van der Waals surface area contributed by atoms with Gasteiger partial charge in [0.25, 0.3) is 0 Å². The molecule has 130 valence electrons. The van der Waals surface area contributed by atoms with E-state index in [1.165, 1.54) is 0 Å². The molecule has 1 atom stereocenters. The van der Waals surface area contributed by atoms with E-state index in [0.29, 0.717) is 18.8 Å². The largest absolute Gasteiger partial charge is 0.435 e. The molecule has 1 aliphatic rings. The van der Waals surface area contributed by atoms with Gasteiger partial charge in [-0.25, -0.2) is 4.98 Å². The van der Waals surface area contributed by atoms with Gasteiger partial charge in [-0.3, -0.25) is 9.89 Å². The number of alkyl halides is 3. The van der Waals surface area contributed by atoms with Crippen LogP contribution in [0.3, 0.4) is 0 Å². The van der Waals surface area contributed by atoms with Crippen molar-refractivity contribution in [1.82, 2.24) is 24.6 Å². The van der Waals surface area contributed by atoms with E-state index in [2.05, 4.69) is 15.2 Å². The van der Waals surface area contributed by atoms with E-state index in [-0.39, 0.29) is 18.4 Å². The zero-order valence-corrected chi connectivity index (χ0v) is 13.2. The van der Waals surface area contributed by atoms with Crippen LogP contribution >= 0.6 is 0 Å². The van der Waals surface area contributed by atoms with Crippen molar-refractivity contribution >= 4 is 5.91 Å². The number of carbonyl (C=O) groups is 1. The van der Waals surface area contributed by atoms with Crippen molar-refractivity contribution in [2.45, 2.75) is 38.4 Å². The number of amides is 1. The summed E-state index contributed by atoms with van der Waals surface area (Å²) in [5, 5.41) is 5.81. The minimum Gasteiger partial charge on any atom is -0.340 e. The Balaban J connectivity index is 1.67. The molecule has 1 aliphatic heterocycles. The Morgan fingerprint density at radius 2 is 2.25 bits per heavy atom. The zero-order valence-electron chi connectivity index (χ0n) is 13.2. The summed E-state index contributed by atoms with van der Waals surface area (Å²) < 4.78 is 39.8. The fourth-order valence-electron chi connectivity index (χ4n) is 2.97. The second-order valence-corrected chi connectivity index (χ2v) is 5.99. The average Bonchev–Trinajstić information content (AvgIpc) is 3.17. The number of hydrogen-bond acceptors (Lipinski definition) is 3. The summed E-state index contributed by atoms with van der Waals surface area (Å²) in [5.74, 6) is 0.534. The third-order valence-electron chi connectivity index (χ3n) is 4.33. The summed E-state index contributed by atoms with van der Waals surface area (Å²) in [7, 11) is 0. The van der Waals surface area contributed by atoms with E-state index >= 15 is 0 Å². The smallest absolute Gasteiger partial charge is 0.340 e. The van der Waals surface area contributed by atoms with Gasteiger partial charge in [0.15, 0.2) is 5.69 Å². The van der Waals surface area contributed by atoms with Crippen LogP contribution in [0.5, 0.6) is 0 Å². The molecule has 1 N–H and O–H groups in total. The second-order valence-electron chi connectivity index (χ2n) is 5.99. The van der Waals surface area contributed by atoms with Crippen molar-refractivity contribution in [3.8, 4) is 0 Å². The standard InChI is InChI=1S/C15H18F3N5O/c1-10-19-4-6-22(10)9-14(24)23-5-2-3-11(8-23)12-7-13(21-20-12)15(16,17)18/h4,6-7,11H,2-3,5,8-9H2,1H3,(H,20,21). The molecule has 0 radical (unpaired) electrons. The Morgan fingerprint density at radius 3 is 2.88 bits per heavy atom. The summed E-state index contributed by atoms with van der Waals surface area (Å²) in [6.07, 6.45) is 0.384. The van der Waals surface area contributed by atoms with Gasteiger partial charge in [0.2, 0.25) is 5.91 Å². The predicted molar refractivity (Wildman–Crippen MR) is 79.1 cm³/mol. The van der Waals surface area contributed by atoms with Crippen molar-refractivity contribution in [3.05, 3.63) is 35.7 Å². The molecule has 1 fully saturated rings. The van der Waals surface area contributed by atoms with Crippen LogP contribution in [0, 0.1) is 6.92 Å². The van der Waals surface area contributed by atoms with Crippen LogP contribution in [0.4, 0.5) is 13.2 Å². The van der Waals surface area contributed by atoms with Crippen LogP contribution < -0.4 is 0 Å². The number of rotatable bonds is 3. The van der Waals surface area contributed by atoms with Crippen LogP contribution in [-0.2, 0) is 17.5 Å². The molecule has 9 heteroatoms. The molecule has 24 heavy (non-hydrogen) atoms. The molecule has 0 spiro atoms. The summed E-state index contributed by atoms with van der Waals surface area (Å²) in [4.78, 5) is 18.2. The Morgan fingerprint density at radius 1 is 1.46 bits per heavy atom. The van der Waals surface area contributed by atoms with E-state index < -0.39 is 11.9 Å². The summed E-state index contributed by atoms with van der Waals surface area (Å²) in [5.41, 5.74) is -0.492. The van der Waals surface area contributed by atoms with E-state index in [0.717, 1.165) is 24.7 Å². The van der Waals surface area contributed by atoms with Crippen molar-refractivity contribution in [2.24, 2.45) is 0 Å². The first-order valence-corrected chi connectivity index (χ1v) is 7.72. The second kappa shape index (κ2) is 6.29. The van der Waals surface area contributed by atoms with Gasteiger partial charge in [0.05, 0.1) is 0 Å². The molecular formula is C15H18F3N5O. The number of likely N-dealkylation sites (tertiary alicyclic amines) is 1. The Kier molecular flexibility index (Phi) is 4.33. The molecule has 1 unspecified atom stereocenters. The number of nitrogens with zero attached hydrogens (tertiary/aromatic N) is 4. The molecule has 3 heterocycles. The van der Waals surface area contributed by atoms with E-state index in [1.807, 2.05) is 6.92 Å². The molecule has 1 saturated heterocycles. The molecule has 2 aromatic heterocycles. The number of H-pyrrole nitrogens is 1. The van der Waals surface area contributed by atoms with E-state index in [4.69, 9.17) is 0 Å². The molecule has 3 rings (SSSR count). The lowest BCUT2D eigenvalue weighted by Crippen LogP contribution is -2.41. The van der Waals surface area contributed by atoms with Crippen LogP contribution in [0.25, 0.3) is 0 Å². The number of imidazole rings is 1. The lowest BCUT2D eigenvalue weighted by atomic mass is 9.94. The van der Waals surface area contributed by atoms with Gasteiger partial charge in [-0.1, -0.05) is 0 Å². The highest BCUT2D eigenvalue weighted by atomic mass is 19.4. The lowest BCUT2D eigenvalue weighted by Gasteiger charge is -2.32. The topological polar surface area (TPSA) is 66.8 Å². The molecule has 1 amide bonds. The highest BCUT2D eigenvalue weighted by molar-refractivity contribution is 5.76. The number of piperidine rings is 1. The fourth-order valence-corrected chi connectivity index (χ4v) is 2.97. The first-order valence-electron chi connectivity index (χ1n) is 7.72. The molecule has 0 bridgehead atoms. The third-order valence-corrected chi connectivity index (χ3v) is 4.33. The van der Waals surface area contributed by atoms with Crippen molar-refractivity contribution in [1.29, 1.82) is 0 Å². The number of aromatic amines is 1. The van der Waals surface area contributed by atoms with Crippen molar-refractivity contribution in [3.63, 3.8) is 0 Å². The molecular weight excluding hydrogens is 323 g/mol. The van der Waals surface area contributed by atoms with E-state index in [1.54, 1.807) is 21.9 Å². The normalized spacial score (nSPS) is 18.8. The molecule has 0 aromatic carbocycles. The average molecular weight is 341 g/mol. The summed E-state index contributed by atoms with van der Waals surface area (Å²) in [6, 6.07) is 1.04. The maximum absolute atomic E-state index is 12.7. The Hall–Kier alpha value is -2.32. The fraction of sp³-hybridized carbons (Fsp3) is 0.533. The minimum atomic E-state index is -4.46. The minimum absolute atomic E-state index is 0.0589. The Bertz CT molecular complexity index is 721. The predicted octanol–water partition coefficient (Wildman–Crippen LogP) is 2.34. The van der Waals surface area contributed by atoms with Gasteiger partial charge in [-0.15, -0.1) is 0 Å². The quantitative estimate of drug-likeness (QED) is 0.932. The number of carbonyl (C=O) groups excluding carboxylic acids is 1. The first-order chi connectivity index (χ1) is 11.3. The van der Waals surface area contributed by atoms with Crippen molar-refractivity contribution in [2.75, 3.05) is 13.1 Å². The van der Waals surface area contributed by atoms with Gasteiger partial charge in [-0.05, 0) is 25.8 Å². The van der Waals surface area contributed by atoms with Gasteiger partial charge in [0.1, 0.15) is 12.4 Å². The SMILES string of the molecule is Cc1nccn1CC(=O)N1CCCC(c2cc(C(F)(F)F)n[nH]2)C1. The molecule has 0 aliphatic carbocycles. The maximum atomic E-state index is 12.7. The van der Waals surface area contributed by atoms with Gasteiger partial charge >= 0.3 is 6.18 Å². The highest BCUT2D eigenvalue weighted by Gasteiger charge is 2.35. The number of halogens is 3. The number of aromatic nitrogens is 4. The van der Waals surface area contributed by atoms with Gasteiger partial charge in [-0.2, -0.15) is 18.3 Å². The molecule has 0 saturated carbocycles. The number of nitrogens with one attached hydrogen (secondary N) is 1. The van der Waals surface area contributed by atoms with Crippen LogP contribution in [0.15, 0.2) is 18.5 Å². The molecule has 2 aromatic rings. The maximum Gasteiger partial charge on any atom is 0.435 e. The van der Waals surface area contributed by atoms with Gasteiger partial charge < -0.3 is 9.47 Å². The Labute approximate surface area is 136 Å². The summed E-state index contributed by atoms with van der Waals surface area (Å²) >= 11 is 0. The monoisotopic (exact) mass is 341 g/mol. The lowest BCUT2D eigenvalue weighted by molar-refractivity contribution is -0.141. The van der Waals surface area contributed by atoms with Gasteiger partial charge in [0, 0.05) is 37.1 Å². The number of hydrogen-bond donors (Lipinski definition) is 1. The first kappa shape index (κ1) is 16.5. The van der Waals surface area contributed by atoms with Crippen LogP contribution in [0.1, 0.15) is 36.0 Å². The number of aryl methyl sites for hydroxylation is 1.